The number of carbonyl (C=O) groups is 2. The molecular weight excluding hydrogens is 218 g/mol. The Morgan fingerprint density at radius 1 is 1.53 bits per heavy atom. The molecule has 4 heteroatoms. The zero-order valence-electron chi connectivity index (χ0n) is 9.93. The molecule has 92 valence electrons. The van der Waals surface area contributed by atoms with Crippen LogP contribution in [0.15, 0.2) is 24.3 Å². The van der Waals surface area contributed by atoms with E-state index in [2.05, 4.69) is 6.58 Å². The lowest BCUT2D eigenvalue weighted by Gasteiger charge is -2.29. The van der Waals surface area contributed by atoms with Gasteiger partial charge in [-0.15, -0.1) is 0 Å². The summed E-state index contributed by atoms with van der Waals surface area (Å²) in [5.41, 5.74) is 0.983. The van der Waals surface area contributed by atoms with E-state index in [-0.39, 0.29) is 36.2 Å². The molecule has 2 amide bonds. The van der Waals surface area contributed by atoms with Gasteiger partial charge in [-0.1, -0.05) is 18.7 Å². The summed E-state index contributed by atoms with van der Waals surface area (Å²) in [7, 11) is 1.53. The van der Waals surface area contributed by atoms with E-state index in [1.165, 1.54) is 11.9 Å². The summed E-state index contributed by atoms with van der Waals surface area (Å²) in [4.78, 5) is 25.2. The third kappa shape index (κ3) is 1.72. The maximum Gasteiger partial charge on any atom is 0.233 e. The largest absolute Gasteiger partial charge is 0.396 e. The van der Waals surface area contributed by atoms with Gasteiger partial charge in [0.1, 0.15) is 0 Å². The van der Waals surface area contributed by atoms with Crippen LogP contribution in [-0.2, 0) is 9.59 Å². The van der Waals surface area contributed by atoms with Gasteiger partial charge in [-0.3, -0.25) is 14.5 Å². The molecule has 0 aromatic heterocycles. The first-order valence-electron chi connectivity index (χ1n) is 5.86. The summed E-state index contributed by atoms with van der Waals surface area (Å²) in [5.74, 6) is -0.837. The Labute approximate surface area is 101 Å². The zero-order valence-corrected chi connectivity index (χ0v) is 9.93. The number of allylic oxidation sites excluding steroid dienone is 3. The first-order valence-corrected chi connectivity index (χ1v) is 5.86. The number of hydrogen-bond acceptors (Lipinski definition) is 3. The molecule has 1 saturated heterocycles. The molecule has 0 bridgehead atoms. The van der Waals surface area contributed by atoms with Crippen LogP contribution in [0.25, 0.3) is 0 Å². The number of amides is 2. The molecule has 0 saturated carbocycles. The van der Waals surface area contributed by atoms with Crippen LogP contribution in [0.4, 0.5) is 0 Å². The van der Waals surface area contributed by atoms with Crippen molar-refractivity contribution in [1.29, 1.82) is 0 Å². The highest BCUT2D eigenvalue weighted by Gasteiger charge is 2.50. The molecule has 3 atom stereocenters. The maximum atomic E-state index is 12.1. The fourth-order valence-corrected chi connectivity index (χ4v) is 2.95. The first kappa shape index (κ1) is 12.0. The third-order valence-corrected chi connectivity index (χ3v) is 3.84. The maximum absolute atomic E-state index is 12.1. The number of aliphatic hydroxyl groups excluding tert-OH is 1. The number of hydrogen-bond donors (Lipinski definition) is 1. The molecule has 1 fully saturated rings. The van der Waals surface area contributed by atoms with Crippen LogP contribution in [0.5, 0.6) is 0 Å². The van der Waals surface area contributed by atoms with E-state index in [0.29, 0.717) is 12.8 Å². The van der Waals surface area contributed by atoms with Gasteiger partial charge < -0.3 is 5.11 Å². The van der Waals surface area contributed by atoms with Crippen molar-refractivity contribution in [1.82, 2.24) is 4.90 Å². The number of carbonyl (C=O) groups excluding carboxylic acids is 2. The summed E-state index contributed by atoms with van der Waals surface area (Å²) in [6.45, 7) is 3.75. The average molecular weight is 235 g/mol. The molecule has 1 N–H and O–H groups in total. The van der Waals surface area contributed by atoms with Crippen LogP contribution in [0.2, 0.25) is 0 Å². The van der Waals surface area contributed by atoms with Crippen molar-refractivity contribution in [3.63, 3.8) is 0 Å². The van der Waals surface area contributed by atoms with E-state index >= 15 is 0 Å². The van der Waals surface area contributed by atoms with Crippen molar-refractivity contribution in [3.05, 3.63) is 24.3 Å². The molecule has 0 aromatic carbocycles. The summed E-state index contributed by atoms with van der Waals surface area (Å²) in [6.07, 6.45) is 4.81. The molecule has 0 spiro atoms. The topological polar surface area (TPSA) is 57.6 Å². The fraction of sp³-hybridized carbons (Fsp3) is 0.538. The third-order valence-electron chi connectivity index (χ3n) is 3.84. The molecule has 1 aliphatic heterocycles. The lowest BCUT2D eigenvalue weighted by molar-refractivity contribution is -0.138. The standard InChI is InChI=1S/C13H17NO3/c1-3-8-4-5-10-11(9(8)6-7-15)13(17)14(2)12(10)16/h3-4,9-11,15H,1,5-7H2,2H3/t9-,10+,11-/m0/s1. The molecule has 4 nitrogen and oxygen atoms in total. The predicted molar refractivity (Wildman–Crippen MR) is 62.8 cm³/mol. The number of nitrogens with zero attached hydrogens (tertiary/aromatic N) is 1. The quantitative estimate of drug-likeness (QED) is 0.734. The molecule has 1 aliphatic carbocycles. The number of aliphatic hydroxyl groups is 1. The number of fused-ring (bicyclic) bond motifs is 1. The second-order valence-corrected chi connectivity index (χ2v) is 4.63. The van der Waals surface area contributed by atoms with E-state index in [9.17, 15) is 9.59 Å². The second-order valence-electron chi connectivity index (χ2n) is 4.63. The molecular formula is C13H17NO3. The molecule has 2 rings (SSSR count). The van der Waals surface area contributed by atoms with Crippen LogP contribution < -0.4 is 0 Å². The summed E-state index contributed by atoms with van der Waals surface area (Å²) < 4.78 is 0. The lowest BCUT2D eigenvalue weighted by atomic mass is 9.72. The zero-order chi connectivity index (χ0) is 12.6. The minimum atomic E-state index is -0.308. The molecule has 17 heavy (non-hydrogen) atoms. The van der Waals surface area contributed by atoms with Crippen LogP contribution in [0.3, 0.4) is 0 Å². The smallest absolute Gasteiger partial charge is 0.233 e. The summed E-state index contributed by atoms with van der Waals surface area (Å²) >= 11 is 0. The van der Waals surface area contributed by atoms with Gasteiger partial charge in [0.25, 0.3) is 0 Å². The summed E-state index contributed by atoms with van der Waals surface area (Å²) in [6, 6.07) is 0. The highest BCUT2D eigenvalue weighted by Crippen LogP contribution is 2.42. The number of imide groups is 1. The van der Waals surface area contributed by atoms with Crippen molar-refractivity contribution in [2.24, 2.45) is 17.8 Å². The van der Waals surface area contributed by atoms with Crippen molar-refractivity contribution in [2.75, 3.05) is 13.7 Å². The minimum Gasteiger partial charge on any atom is -0.396 e. The Morgan fingerprint density at radius 2 is 2.24 bits per heavy atom. The first-order chi connectivity index (χ1) is 8.11. The van der Waals surface area contributed by atoms with Crippen molar-refractivity contribution in [2.45, 2.75) is 12.8 Å². The van der Waals surface area contributed by atoms with Crippen LogP contribution >= 0.6 is 0 Å². The Kier molecular flexibility index (Phi) is 3.15. The van der Waals surface area contributed by atoms with Gasteiger partial charge >= 0.3 is 0 Å². The SMILES string of the molecule is C=CC1=CC[C@H]2C(=O)N(C)C(=O)[C@H]2[C@H]1CCO. The van der Waals surface area contributed by atoms with Crippen molar-refractivity contribution < 1.29 is 14.7 Å². The Hall–Kier alpha value is -1.42. The van der Waals surface area contributed by atoms with Crippen molar-refractivity contribution in [3.8, 4) is 0 Å². The normalized spacial score (nSPS) is 32.5. The van der Waals surface area contributed by atoms with Gasteiger partial charge in [-0.2, -0.15) is 0 Å². The van der Waals surface area contributed by atoms with Crippen LogP contribution in [-0.4, -0.2) is 35.5 Å². The molecule has 0 unspecified atom stereocenters. The average Bonchev–Trinajstić information content (AvgIpc) is 2.55. The fourth-order valence-electron chi connectivity index (χ4n) is 2.95. The highest BCUT2D eigenvalue weighted by atomic mass is 16.3. The van der Waals surface area contributed by atoms with Gasteiger partial charge in [0.15, 0.2) is 0 Å². The van der Waals surface area contributed by atoms with Gasteiger partial charge in [0, 0.05) is 13.7 Å². The van der Waals surface area contributed by atoms with Crippen LogP contribution in [0.1, 0.15) is 12.8 Å². The lowest BCUT2D eigenvalue weighted by Crippen LogP contribution is -2.32. The van der Waals surface area contributed by atoms with Crippen LogP contribution in [0, 0.1) is 17.8 Å². The molecule has 2 aliphatic rings. The Balaban J connectivity index is 2.36. The minimum absolute atomic E-state index is 0.0181. The molecule has 0 aromatic rings. The van der Waals surface area contributed by atoms with Gasteiger partial charge in [-0.05, 0) is 24.3 Å². The van der Waals surface area contributed by atoms with Crippen molar-refractivity contribution >= 4 is 11.8 Å². The Bertz CT molecular complexity index is 399. The summed E-state index contributed by atoms with van der Waals surface area (Å²) in [5, 5.41) is 9.10. The van der Waals surface area contributed by atoms with Gasteiger partial charge in [0.2, 0.25) is 11.8 Å². The number of rotatable bonds is 3. The van der Waals surface area contributed by atoms with E-state index in [1.807, 2.05) is 6.08 Å². The van der Waals surface area contributed by atoms with E-state index < -0.39 is 0 Å². The highest BCUT2D eigenvalue weighted by molar-refractivity contribution is 6.05. The molecule has 1 heterocycles. The monoisotopic (exact) mass is 235 g/mol. The van der Waals surface area contributed by atoms with E-state index in [4.69, 9.17) is 5.11 Å². The predicted octanol–water partition coefficient (Wildman–Crippen LogP) is 0.732. The Morgan fingerprint density at radius 3 is 2.82 bits per heavy atom. The van der Waals surface area contributed by atoms with Gasteiger partial charge in [0.05, 0.1) is 11.8 Å². The van der Waals surface area contributed by atoms with E-state index in [1.54, 1.807) is 6.08 Å². The number of likely N-dealkylation sites (tertiary alicyclic amines) is 1. The molecule has 0 radical (unpaired) electrons. The van der Waals surface area contributed by atoms with Gasteiger partial charge in [-0.25, -0.2) is 0 Å². The second kappa shape index (κ2) is 4.45. The van der Waals surface area contributed by atoms with E-state index in [0.717, 1.165) is 5.57 Å².